The molecule has 0 aliphatic rings. The predicted octanol–water partition coefficient (Wildman–Crippen LogP) is 1.33. The summed E-state index contributed by atoms with van der Waals surface area (Å²) >= 11 is 0. The fourth-order valence-corrected chi connectivity index (χ4v) is 0.640. The third-order valence-electron chi connectivity index (χ3n) is 1.41. The standard InChI is InChI=1S/C8H10N2O2/c1-3-6(2)10-8(11)7-4-12-5-9-7/h3-5H,1-2H3,(H,10,11). The first-order valence-electron chi connectivity index (χ1n) is 3.56. The number of carbonyl (C=O) groups excluding carboxylic acids is 1. The number of hydrogen-bond donors (Lipinski definition) is 1. The Balaban J connectivity index is 2.62. The van der Waals surface area contributed by atoms with Crippen molar-refractivity contribution in [2.45, 2.75) is 13.8 Å². The molecule has 0 aliphatic heterocycles. The number of rotatable bonds is 2. The average molecular weight is 166 g/mol. The van der Waals surface area contributed by atoms with Crippen molar-refractivity contribution in [1.29, 1.82) is 0 Å². The van der Waals surface area contributed by atoms with Crippen LogP contribution < -0.4 is 5.32 Å². The van der Waals surface area contributed by atoms with Crippen molar-refractivity contribution in [1.82, 2.24) is 10.3 Å². The lowest BCUT2D eigenvalue weighted by Gasteiger charge is -1.99. The molecule has 0 spiro atoms. The molecule has 1 N–H and O–H groups in total. The van der Waals surface area contributed by atoms with E-state index in [1.165, 1.54) is 12.7 Å². The Labute approximate surface area is 70.3 Å². The van der Waals surface area contributed by atoms with Gasteiger partial charge in [-0.1, -0.05) is 6.08 Å². The van der Waals surface area contributed by atoms with Crippen LogP contribution in [-0.4, -0.2) is 10.9 Å². The number of carbonyl (C=O) groups is 1. The van der Waals surface area contributed by atoms with Gasteiger partial charge in [-0.2, -0.15) is 0 Å². The molecule has 0 bridgehead atoms. The van der Waals surface area contributed by atoms with Gasteiger partial charge in [-0.25, -0.2) is 4.98 Å². The number of nitrogens with one attached hydrogen (secondary N) is 1. The smallest absolute Gasteiger partial charge is 0.277 e. The van der Waals surface area contributed by atoms with E-state index < -0.39 is 0 Å². The molecule has 0 unspecified atom stereocenters. The average Bonchev–Trinajstić information content (AvgIpc) is 2.56. The van der Waals surface area contributed by atoms with E-state index in [4.69, 9.17) is 0 Å². The lowest BCUT2D eigenvalue weighted by atomic mass is 10.4. The zero-order valence-electron chi connectivity index (χ0n) is 7.00. The molecular formula is C8H10N2O2. The predicted molar refractivity (Wildman–Crippen MR) is 43.4 cm³/mol. The molecular weight excluding hydrogens is 156 g/mol. The third kappa shape index (κ3) is 1.95. The first-order valence-corrected chi connectivity index (χ1v) is 3.56. The Hall–Kier alpha value is -1.58. The van der Waals surface area contributed by atoms with Crippen molar-refractivity contribution in [2.75, 3.05) is 0 Å². The number of amides is 1. The van der Waals surface area contributed by atoms with Gasteiger partial charge in [0.25, 0.3) is 5.91 Å². The Bertz CT molecular complexity index is 288. The maximum atomic E-state index is 11.2. The van der Waals surface area contributed by atoms with Crippen LogP contribution in [-0.2, 0) is 0 Å². The molecule has 4 heteroatoms. The minimum absolute atomic E-state index is 0.251. The molecule has 64 valence electrons. The van der Waals surface area contributed by atoms with Crippen LogP contribution in [0.4, 0.5) is 0 Å². The highest BCUT2D eigenvalue weighted by molar-refractivity contribution is 5.92. The van der Waals surface area contributed by atoms with Crippen molar-refractivity contribution < 1.29 is 9.21 Å². The Morgan fingerprint density at radius 1 is 1.75 bits per heavy atom. The molecule has 0 saturated carbocycles. The maximum absolute atomic E-state index is 11.2. The van der Waals surface area contributed by atoms with E-state index in [1.54, 1.807) is 13.0 Å². The Kier molecular flexibility index (Phi) is 2.63. The number of aromatic nitrogens is 1. The maximum Gasteiger partial charge on any atom is 0.277 e. The van der Waals surface area contributed by atoms with E-state index in [0.29, 0.717) is 0 Å². The molecule has 1 heterocycles. The summed E-state index contributed by atoms with van der Waals surface area (Å²) in [6.45, 7) is 3.65. The molecule has 4 nitrogen and oxygen atoms in total. The first kappa shape index (κ1) is 8.52. The summed E-state index contributed by atoms with van der Waals surface area (Å²) in [5.41, 5.74) is 1.08. The fraction of sp³-hybridized carbons (Fsp3) is 0.250. The van der Waals surface area contributed by atoms with E-state index in [-0.39, 0.29) is 11.6 Å². The Morgan fingerprint density at radius 3 is 3.00 bits per heavy atom. The topological polar surface area (TPSA) is 55.1 Å². The van der Waals surface area contributed by atoms with Crippen LogP contribution in [0.3, 0.4) is 0 Å². The first-order chi connectivity index (χ1) is 5.74. The Morgan fingerprint density at radius 2 is 2.50 bits per heavy atom. The summed E-state index contributed by atoms with van der Waals surface area (Å²) in [6, 6.07) is 0. The van der Waals surface area contributed by atoms with Gasteiger partial charge >= 0.3 is 0 Å². The van der Waals surface area contributed by atoms with E-state index in [0.717, 1.165) is 5.70 Å². The zero-order chi connectivity index (χ0) is 8.97. The van der Waals surface area contributed by atoms with Crippen LogP contribution >= 0.6 is 0 Å². The van der Waals surface area contributed by atoms with Crippen LogP contribution in [0.15, 0.2) is 28.8 Å². The van der Waals surface area contributed by atoms with Gasteiger partial charge < -0.3 is 9.73 Å². The molecule has 0 atom stereocenters. The summed E-state index contributed by atoms with van der Waals surface area (Å²) < 4.78 is 4.66. The molecule has 0 aromatic carbocycles. The van der Waals surface area contributed by atoms with Gasteiger partial charge in [-0.05, 0) is 13.8 Å². The highest BCUT2D eigenvalue weighted by Gasteiger charge is 2.07. The second-order valence-corrected chi connectivity index (χ2v) is 2.30. The number of nitrogens with zero attached hydrogens (tertiary/aromatic N) is 1. The molecule has 1 amide bonds. The molecule has 1 rings (SSSR count). The van der Waals surface area contributed by atoms with Crippen molar-refractivity contribution in [3.63, 3.8) is 0 Å². The van der Waals surface area contributed by atoms with Gasteiger partial charge in [0.2, 0.25) is 0 Å². The van der Waals surface area contributed by atoms with E-state index in [9.17, 15) is 4.79 Å². The van der Waals surface area contributed by atoms with Gasteiger partial charge in [0.05, 0.1) is 0 Å². The zero-order valence-corrected chi connectivity index (χ0v) is 7.00. The van der Waals surface area contributed by atoms with Crippen molar-refractivity contribution in [2.24, 2.45) is 0 Å². The molecule has 0 fully saturated rings. The van der Waals surface area contributed by atoms with E-state index >= 15 is 0 Å². The van der Waals surface area contributed by atoms with Crippen LogP contribution in [0.1, 0.15) is 24.3 Å². The van der Waals surface area contributed by atoms with Crippen molar-refractivity contribution in [3.05, 3.63) is 30.1 Å². The molecule has 12 heavy (non-hydrogen) atoms. The normalized spacial score (nSPS) is 11.3. The third-order valence-corrected chi connectivity index (χ3v) is 1.41. The van der Waals surface area contributed by atoms with Crippen LogP contribution in [0.5, 0.6) is 0 Å². The van der Waals surface area contributed by atoms with Crippen molar-refractivity contribution >= 4 is 5.91 Å². The molecule has 0 saturated heterocycles. The summed E-state index contributed by atoms with van der Waals surface area (Å²) in [4.78, 5) is 14.9. The van der Waals surface area contributed by atoms with Crippen LogP contribution in [0, 0.1) is 0 Å². The van der Waals surface area contributed by atoms with Crippen LogP contribution in [0.2, 0.25) is 0 Å². The summed E-state index contributed by atoms with van der Waals surface area (Å²) in [7, 11) is 0. The minimum Gasteiger partial charge on any atom is -0.451 e. The number of oxazole rings is 1. The van der Waals surface area contributed by atoms with Crippen molar-refractivity contribution in [3.8, 4) is 0 Å². The number of allylic oxidation sites excluding steroid dienone is 2. The van der Waals surface area contributed by atoms with Gasteiger partial charge in [0.15, 0.2) is 12.1 Å². The second-order valence-electron chi connectivity index (χ2n) is 2.30. The van der Waals surface area contributed by atoms with Crippen LogP contribution in [0.25, 0.3) is 0 Å². The SMILES string of the molecule is CC=C(C)NC(=O)c1cocn1. The summed E-state index contributed by atoms with van der Waals surface area (Å²) in [5, 5.41) is 2.63. The minimum atomic E-state index is -0.251. The fourth-order valence-electron chi connectivity index (χ4n) is 0.640. The quantitative estimate of drug-likeness (QED) is 0.721. The van der Waals surface area contributed by atoms with Gasteiger partial charge in [-0.15, -0.1) is 0 Å². The van der Waals surface area contributed by atoms with Gasteiger partial charge in [0.1, 0.15) is 6.26 Å². The molecule has 0 aliphatic carbocycles. The molecule has 1 aromatic heterocycles. The van der Waals surface area contributed by atoms with Gasteiger partial charge in [-0.3, -0.25) is 4.79 Å². The summed E-state index contributed by atoms with van der Waals surface area (Å²) in [5.74, 6) is -0.251. The van der Waals surface area contributed by atoms with Gasteiger partial charge in [0, 0.05) is 5.70 Å². The van der Waals surface area contributed by atoms with E-state index in [1.807, 2.05) is 6.92 Å². The monoisotopic (exact) mass is 166 g/mol. The molecule has 0 radical (unpaired) electrons. The van der Waals surface area contributed by atoms with E-state index in [2.05, 4.69) is 14.7 Å². The lowest BCUT2D eigenvalue weighted by Crippen LogP contribution is -2.21. The number of hydrogen-bond acceptors (Lipinski definition) is 3. The summed E-state index contributed by atoms with van der Waals surface area (Å²) in [6.07, 6.45) is 4.33. The highest BCUT2D eigenvalue weighted by atomic mass is 16.3. The highest BCUT2D eigenvalue weighted by Crippen LogP contribution is 1.95. The lowest BCUT2D eigenvalue weighted by molar-refractivity contribution is 0.0961. The largest absolute Gasteiger partial charge is 0.451 e. The second kappa shape index (κ2) is 3.71. The molecule has 1 aromatic rings.